The van der Waals surface area contributed by atoms with Crippen molar-refractivity contribution in [2.24, 2.45) is 0 Å². The van der Waals surface area contributed by atoms with Crippen molar-refractivity contribution in [3.63, 3.8) is 0 Å². The van der Waals surface area contributed by atoms with E-state index in [9.17, 15) is 4.79 Å². The van der Waals surface area contributed by atoms with Crippen LogP contribution in [0.4, 0.5) is 11.4 Å². The first kappa shape index (κ1) is 18.0. The second kappa shape index (κ2) is 8.50. The molecule has 1 heterocycles. The van der Waals surface area contributed by atoms with Gasteiger partial charge in [-0.25, -0.2) is 0 Å². The summed E-state index contributed by atoms with van der Waals surface area (Å²) in [7, 11) is 0. The van der Waals surface area contributed by atoms with Crippen molar-refractivity contribution in [2.45, 2.75) is 13.3 Å². The van der Waals surface area contributed by atoms with E-state index in [-0.39, 0.29) is 5.91 Å². The number of halogens is 1. The predicted molar refractivity (Wildman–Crippen MR) is 107 cm³/mol. The van der Waals surface area contributed by atoms with Gasteiger partial charge in [0.15, 0.2) is 0 Å². The Labute approximate surface area is 158 Å². The van der Waals surface area contributed by atoms with Crippen LogP contribution >= 0.6 is 11.6 Å². The zero-order chi connectivity index (χ0) is 18.4. The molecule has 0 atom stereocenters. The van der Waals surface area contributed by atoms with E-state index >= 15 is 0 Å². The number of amides is 1. The largest absolute Gasteiger partial charge is 0.383 e. The van der Waals surface area contributed by atoms with E-state index in [4.69, 9.17) is 11.6 Å². The van der Waals surface area contributed by atoms with Crippen LogP contribution in [0.3, 0.4) is 0 Å². The molecule has 3 rings (SSSR count). The highest BCUT2D eigenvalue weighted by Gasteiger charge is 2.08. The summed E-state index contributed by atoms with van der Waals surface area (Å²) in [6, 6.07) is 17.5. The maximum Gasteiger partial charge on any atom is 0.257 e. The summed E-state index contributed by atoms with van der Waals surface area (Å²) in [5, 5.41) is 6.77. The van der Waals surface area contributed by atoms with Crippen LogP contribution in [0.5, 0.6) is 0 Å². The van der Waals surface area contributed by atoms with Crippen molar-refractivity contribution in [3.8, 4) is 0 Å². The van der Waals surface area contributed by atoms with Crippen LogP contribution in [0.15, 0.2) is 67.0 Å². The molecule has 1 amide bonds. The van der Waals surface area contributed by atoms with Crippen molar-refractivity contribution in [1.82, 2.24) is 4.98 Å². The van der Waals surface area contributed by atoms with E-state index in [1.165, 1.54) is 5.56 Å². The van der Waals surface area contributed by atoms with Crippen LogP contribution in [0, 0.1) is 6.92 Å². The number of pyridine rings is 1. The van der Waals surface area contributed by atoms with Crippen LogP contribution in [0.2, 0.25) is 5.02 Å². The summed E-state index contributed by atoms with van der Waals surface area (Å²) < 4.78 is 0. The molecule has 0 unspecified atom stereocenters. The Morgan fingerprint density at radius 2 is 1.85 bits per heavy atom. The first-order chi connectivity index (χ1) is 12.6. The number of hydrogen-bond acceptors (Lipinski definition) is 3. The molecular formula is C21H20ClN3O. The predicted octanol–water partition coefficient (Wildman–Crippen LogP) is 4.95. The van der Waals surface area contributed by atoms with Crippen molar-refractivity contribution < 1.29 is 4.79 Å². The number of anilines is 2. The zero-order valence-corrected chi connectivity index (χ0v) is 15.3. The summed E-state index contributed by atoms with van der Waals surface area (Å²) in [5.74, 6) is -0.218. The Morgan fingerprint density at radius 1 is 1.04 bits per heavy atom. The normalized spacial score (nSPS) is 10.4. The molecule has 26 heavy (non-hydrogen) atoms. The maximum absolute atomic E-state index is 12.4. The lowest BCUT2D eigenvalue weighted by molar-refractivity contribution is 0.102. The third kappa shape index (κ3) is 4.83. The highest BCUT2D eigenvalue weighted by Crippen LogP contribution is 2.20. The Kier molecular flexibility index (Phi) is 5.87. The van der Waals surface area contributed by atoms with Crippen molar-refractivity contribution in [3.05, 3.63) is 88.7 Å². The Hall–Kier alpha value is -2.85. The molecule has 4 nitrogen and oxygen atoms in total. The fourth-order valence-corrected chi connectivity index (χ4v) is 2.71. The van der Waals surface area contributed by atoms with Crippen LogP contribution in [0.1, 0.15) is 21.5 Å². The number of aromatic nitrogens is 1. The van der Waals surface area contributed by atoms with Gasteiger partial charge in [0.05, 0.1) is 11.3 Å². The van der Waals surface area contributed by atoms with Crippen molar-refractivity contribution in [2.75, 3.05) is 17.2 Å². The van der Waals surface area contributed by atoms with E-state index in [0.29, 0.717) is 16.3 Å². The maximum atomic E-state index is 12.4. The van der Waals surface area contributed by atoms with Gasteiger partial charge in [-0.3, -0.25) is 9.78 Å². The second-order valence-electron chi connectivity index (χ2n) is 6.04. The van der Waals surface area contributed by atoms with Crippen LogP contribution < -0.4 is 10.6 Å². The molecule has 0 aliphatic rings. The monoisotopic (exact) mass is 365 g/mol. The van der Waals surface area contributed by atoms with Gasteiger partial charge in [-0.15, -0.1) is 0 Å². The molecule has 3 aromatic rings. The number of aryl methyl sites for hydroxylation is 1. The average molecular weight is 366 g/mol. The van der Waals surface area contributed by atoms with Gasteiger partial charge >= 0.3 is 0 Å². The molecule has 0 saturated heterocycles. The number of nitrogens with zero attached hydrogens (tertiary/aromatic N) is 1. The lowest BCUT2D eigenvalue weighted by Crippen LogP contribution is -2.13. The number of carbonyl (C=O) groups is 1. The van der Waals surface area contributed by atoms with E-state index in [1.54, 1.807) is 24.5 Å². The fraction of sp³-hybridized carbons (Fsp3) is 0.143. The van der Waals surface area contributed by atoms with Crippen LogP contribution in [-0.2, 0) is 6.42 Å². The number of nitrogens with one attached hydrogen (secondary N) is 2. The van der Waals surface area contributed by atoms with Gasteiger partial charge in [-0.2, -0.15) is 0 Å². The van der Waals surface area contributed by atoms with E-state index in [0.717, 1.165) is 24.2 Å². The molecule has 0 bridgehead atoms. The first-order valence-electron chi connectivity index (χ1n) is 8.42. The summed E-state index contributed by atoms with van der Waals surface area (Å²) in [6.45, 7) is 2.69. The molecule has 0 fully saturated rings. The van der Waals surface area contributed by atoms with E-state index < -0.39 is 0 Å². The Balaban J connectivity index is 1.60. The van der Waals surface area contributed by atoms with Crippen molar-refractivity contribution >= 4 is 28.9 Å². The molecule has 2 aromatic carbocycles. The van der Waals surface area contributed by atoms with Crippen LogP contribution in [-0.4, -0.2) is 17.4 Å². The number of hydrogen-bond donors (Lipinski definition) is 2. The Morgan fingerprint density at radius 3 is 2.62 bits per heavy atom. The summed E-state index contributed by atoms with van der Waals surface area (Å²) in [6.07, 6.45) is 4.16. The molecule has 0 aliphatic heterocycles. The van der Waals surface area contributed by atoms with Gasteiger partial charge in [-0.05, 0) is 42.7 Å². The van der Waals surface area contributed by atoms with Gasteiger partial charge in [-0.1, -0.05) is 48.0 Å². The van der Waals surface area contributed by atoms with Gasteiger partial charge in [0.2, 0.25) is 0 Å². The zero-order valence-electron chi connectivity index (χ0n) is 14.5. The molecule has 0 saturated carbocycles. The highest BCUT2D eigenvalue weighted by molar-refractivity contribution is 6.31. The summed E-state index contributed by atoms with van der Waals surface area (Å²) in [5.41, 5.74) is 4.20. The molecule has 132 valence electrons. The standard InChI is InChI=1S/C21H20ClN3O/c1-15-7-8-18(12-20(15)22)25-21(26)17-11-19(14-23-13-17)24-10-9-16-5-3-2-4-6-16/h2-8,11-14,24H,9-10H2,1H3,(H,25,26). The third-order valence-corrected chi connectivity index (χ3v) is 4.42. The lowest BCUT2D eigenvalue weighted by Gasteiger charge is -2.09. The number of rotatable bonds is 6. The molecular weight excluding hydrogens is 346 g/mol. The number of benzene rings is 2. The van der Waals surface area contributed by atoms with Crippen LogP contribution in [0.25, 0.3) is 0 Å². The van der Waals surface area contributed by atoms with E-state index in [2.05, 4.69) is 27.8 Å². The quantitative estimate of drug-likeness (QED) is 0.649. The highest BCUT2D eigenvalue weighted by atomic mass is 35.5. The summed E-state index contributed by atoms with van der Waals surface area (Å²) >= 11 is 6.10. The first-order valence-corrected chi connectivity index (χ1v) is 8.80. The molecule has 0 radical (unpaired) electrons. The molecule has 2 N–H and O–H groups in total. The molecule has 0 spiro atoms. The second-order valence-corrected chi connectivity index (χ2v) is 6.45. The Bertz CT molecular complexity index is 897. The number of carbonyl (C=O) groups excluding carboxylic acids is 1. The minimum absolute atomic E-state index is 0.218. The van der Waals surface area contributed by atoms with E-state index in [1.807, 2.05) is 37.3 Å². The molecule has 0 aliphatic carbocycles. The smallest absolute Gasteiger partial charge is 0.257 e. The van der Waals surface area contributed by atoms with Gasteiger partial charge in [0.1, 0.15) is 0 Å². The van der Waals surface area contributed by atoms with Gasteiger partial charge < -0.3 is 10.6 Å². The lowest BCUT2D eigenvalue weighted by atomic mass is 10.1. The third-order valence-electron chi connectivity index (χ3n) is 4.02. The molecule has 5 heteroatoms. The summed E-state index contributed by atoms with van der Waals surface area (Å²) in [4.78, 5) is 16.6. The molecule has 1 aromatic heterocycles. The fourth-order valence-electron chi connectivity index (χ4n) is 2.53. The topological polar surface area (TPSA) is 54.0 Å². The minimum Gasteiger partial charge on any atom is -0.383 e. The average Bonchev–Trinajstić information content (AvgIpc) is 2.66. The van der Waals surface area contributed by atoms with Gasteiger partial charge in [0, 0.05) is 29.6 Å². The van der Waals surface area contributed by atoms with Gasteiger partial charge in [0.25, 0.3) is 5.91 Å². The van der Waals surface area contributed by atoms with Crippen molar-refractivity contribution in [1.29, 1.82) is 0 Å². The minimum atomic E-state index is -0.218. The SMILES string of the molecule is Cc1ccc(NC(=O)c2cncc(NCCc3ccccc3)c2)cc1Cl.